The molecule has 1 amide bonds. The zero-order valence-corrected chi connectivity index (χ0v) is 8.97. The lowest BCUT2D eigenvalue weighted by Gasteiger charge is -2.26. The Morgan fingerprint density at radius 1 is 1.57 bits per heavy atom. The fourth-order valence-electron chi connectivity index (χ4n) is 2.17. The Hall–Kier alpha value is -1.04. The second kappa shape index (κ2) is 4.45. The molecule has 0 bridgehead atoms. The minimum Gasteiger partial charge on any atom is -0.340 e. The van der Waals surface area contributed by atoms with Crippen LogP contribution in [0.4, 0.5) is 0 Å². The lowest BCUT2D eigenvalue weighted by molar-refractivity contribution is -0.131. The lowest BCUT2D eigenvalue weighted by atomic mass is 9.82. The number of carbonyl (C=O) groups is 1. The fourth-order valence-corrected chi connectivity index (χ4v) is 2.17. The lowest BCUT2D eigenvalue weighted by Crippen LogP contribution is -2.42. The summed E-state index contributed by atoms with van der Waals surface area (Å²) in [5.74, 6) is 0.0755. The Balaban J connectivity index is 2.62. The van der Waals surface area contributed by atoms with Crippen molar-refractivity contribution in [1.29, 1.82) is 5.26 Å². The molecular weight excluding hydrogens is 176 g/mol. The highest BCUT2D eigenvalue weighted by Crippen LogP contribution is 2.41. The van der Waals surface area contributed by atoms with E-state index in [2.05, 4.69) is 12.2 Å². The van der Waals surface area contributed by atoms with Gasteiger partial charge in [-0.3, -0.25) is 4.79 Å². The number of hydrogen-bond donors (Lipinski definition) is 1. The molecular formula is C11H18N2O. The quantitative estimate of drug-likeness (QED) is 0.747. The van der Waals surface area contributed by atoms with Gasteiger partial charge in [0.05, 0.1) is 6.07 Å². The van der Waals surface area contributed by atoms with Crippen LogP contribution in [0, 0.1) is 16.7 Å². The van der Waals surface area contributed by atoms with Gasteiger partial charge in [0.25, 0.3) is 0 Å². The van der Waals surface area contributed by atoms with Crippen molar-refractivity contribution in [2.75, 3.05) is 0 Å². The monoisotopic (exact) mass is 194 g/mol. The van der Waals surface area contributed by atoms with Gasteiger partial charge in [-0.2, -0.15) is 5.26 Å². The van der Waals surface area contributed by atoms with Crippen molar-refractivity contribution in [3.63, 3.8) is 0 Å². The number of rotatable bonds is 3. The maximum atomic E-state index is 11.9. The molecule has 0 aliphatic heterocycles. The van der Waals surface area contributed by atoms with Crippen molar-refractivity contribution in [3.8, 4) is 6.07 Å². The largest absolute Gasteiger partial charge is 0.340 e. The molecule has 0 spiro atoms. The zero-order chi connectivity index (χ0) is 10.6. The van der Waals surface area contributed by atoms with E-state index in [4.69, 9.17) is 5.26 Å². The molecule has 0 aromatic carbocycles. The first kappa shape index (κ1) is 11.0. The van der Waals surface area contributed by atoms with Crippen molar-refractivity contribution < 1.29 is 4.79 Å². The third kappa shape index (κ3) is 2.06. The second-order valence-corrected chi connectivity index (χ2v) is 4.17. The molecule has 1 saturated carbocycles. The van der Waals surface area contributed by atoms with Crippen LogP contribution in [0.15, 0.2) is 0 Å². The summed E-state index contributed by atoms with van der Waals surface area (Å²) < 4.78 is 0. The molecule has 78 valence electrons. The molecule has 1 N–H and O–H groups in total. The molecule has 0 aromatic rings. The van der Waals surface area contributed by atoms with Crippen LogP contribution >= 0.6 is 0 Å². The van der Waals surface area contributed by atoms with Crippen molar-refractivity contribution in [2.24, 2.45) is 5.41 Å². The normalized spacial score (nSPS) is 21.2. The van der Waals surface area contributed by atoms with Crippen LogP contribution in [-0.2, 0) is 4.79 Å². The van der Waals surface area contributed by atoms with Crippen molar-refractivity contribution in [1.82, 2.24) is 5.32 Å². The topological polar surface area (TPSA) is 52.9 Å². The molecule has 1 aliphatic carbocycles. The van der Waals surface area contributed by atoms with Crippen LogP contribution in [-0.4, -0.2) is 11.9 Å². The molecule has 1 rings (SSSR count). The number of nitrogens with zero attached hydrogens (tertiary/aromatic N) is 1. The van der Waals surface area contributed by atoms with E-state index >= 15 is 0 Å². The van der Waals surface area contributed by atoms with Crippen molar-refractivity contribution >= 4 is 5.91 Å². The highest BCUT2D eigenvalue weighted by Gasteiger charge is 2.39. The van der Waals surface area contributed by atoms with Gasteiger partial charge in [-0.25, -0.2) is 0 Å². The van der Waals surface area contributed by atoms with Gasteiger partial charge in [0.15, 0.2) is 0 Å². The number of carbonyl (C=O) groups excluding carboxylic acids is 1. The zero-order valence-electron chi connectivity index (χ0n) is 8.97. The smallest absolute Gasteiger partial charge is 0.227 e. The Bertz CT molecular complexity index is 249. The van der Waals surface area contributed by atoms with Gasteiger partial charge < -0.3 is 5.32 Å². The number of hydrogen-bond acceptors (Lipinski definition) is 2. The Morgan fingerprint density at radius 3 is 2.57 bits per heavy atom. The van der Waals surface area contributed by atoms with Crippen LogP contribution in [0.2, 0.25) is 0 Å². The average Bonchev–Trinajstić information content (AvgIpc) is 2.67. The summed E-state index contributed by atoms with van der Waals surface area (Å²) in [6.45, 7) is 3.78. The summed E-state index contributed by atoms with van der Waals surface area (Å²) >= 11 is 0. The first-order valence-electron chi connectivity index (χ1n) is 5.35. The number of nitriles is 1. The van der Waals surface area contributed by atoms with E-state index in [-0.39, 0.29) is 17.4 Å². The van der Waals surface area contributed by atoms with Crippen molar-refractivity contribution in [3.05, 3.63) is 0 Å². The van der Waals surface area contributed by atoms with Crippen molar-refractivity contribution in [2.45, 2.75) is 52.0 Å². The summed E-state index contributed by atoms with van der Waals surface area (Å²) in [6, 6.07) is 1.66. The average molecular weight is 194 g/mol. The van der Waals surface area contributed by atoms with Crippen LogP contribution in [0.25, 0.3) is 0 Å². The molecule has 0 saturated heterocycles. The molecule has 1 aliphatic rings. The first-order valence-corrected chi connectivity index (χ1v) is 5.35. The Morgan fingerprint density at radius 2 is 2.14 bits per heavy atom. The SMILES string of the molecule is CCC1(C(=O)NC(C)C#N)CCCC1. The fraction of sp³-hybridized carbons (Fsp3) is 0.818. The molecule has 1 atom stereocenters. The molecule has 1 unspecified atom stereocenters. The van der Waals surface area contributed by atoms with Crippen LogP contribution in [0.3, 0.4) is 0 Å². The van der Waals surface area contributed by atoms with Crippen LogP contribution < -0.4 is 5.32 Å². The Labute approximate surface area is 85.5 Å². The molecule has 3 heteroatoms. The summed E-state index contributed by atoms with van der Waals surface area (Å²) in [6.07, 6.45) is 5.13. The van der Waals surface area contributed by atoms with E-state index in [1.165, 1.54) is 0 Å². The molecule has 0 aromatic heterocycles. The Kier molecular flexibility index (Phi) is 3.51. The molecule has 14 heavy (non-hydrogen) atoms. The van der Waals surface area contributed by atoms with E-state index < -0.39 is 0 Å². The second-order valence-electron chi connectivity index (χ2n) is 4.17. The first-order chi connectivity index (χ1) is 6.64. The highest BCUT2D eigenvalue weighted by molar-refractivity contribution is 5.83. The minimum atomic E-state index is -0.369. The predicted octanol–water partition coefficient (Wildman–Crippen LogP) is 1.99. The third-order valence-electron chi connectivity index (χ3n) is 3.26. The van der Waals surface area contributed by atoms with Gasteiger partial charge >= 0.3 is 0 Å². The summed E-state index contributed by atoms with van der Waals surface area (Å²) in [5.41, 5.74) is -0.175. The molecule has 0 radical (unpaired) electrons. The molecule has 3 nitrogen and oxygen atoms in total. The highest BCUT2D eigenvalue weighted by atomic mass is 16.2. The predicted molar refractivity (Wildman–Crippen MR) is 54.4 cm³/mol. The van der Waals surface area contributed by atoms with Crippen LogP contribution in [0.5, 0.6) is 0 Å². The number of nitrogens with one attached hydrogen (secondary N) is 1. The third-order valence-corrected chi connectivity index (χ3v) is 3.26. The van der Waals surface area contributed by atoms with Gasteiger partial charge in [-0.1, -0.05) is 19.8 Å². The van der Waals surface area contributed by atoms with E-state index in [1.807, 2.05) is 6.07 Å². The maximum absolute atomic E-state index is 11.9. The summed E-state index contributed by atoms with van der Waals surface area (Å²) in [4.78, 5) is 11.9. The van der Waals surface area contributed by atoms with Gasteiger partial charge in [0, 0.05) is 5.41 Å². The van der Waals surface area contributed by atoms with Gasteiger partial charge in [-0.05, 0) is 26.2 Å². The maximum Gasteiger partial charge on any atom is 0.227 e. The van der Waals surface area contributed by atoms with Crippen LogP contribution in [0.1, 0.15) is 46.0 Å². The van der Waals surface area contributed by atoms with E-state index in [9.17, 15) is 4.79 Å². The number of amides is 1. The summed E-state index contributed by atoms with van der Waals surface area (Å²) in [7, 11) is 0. The van der Waals surface area contributed by atoms with E-state index in [0.717, 1.165) is 32.1 Å². The van der Waals surface area contributed by atoms with Gasteiger partial charge in [-0.15, -0.1) is 0 Å². The molecule has 0 heterocycles. The molecule has 1 fully saturated rings. The van der Waals surface area contributed by atoms with E-state index in [1.54, 1.807) is 6.92 Å². The van der Waals surface area contributed by atoms with Gasteiger partial charge in [0.2, 0.25) is 5.91 Å². The van der Waals surface area contributed by atoms with E-state index in [0.29, 0.717) is 0 Å². The minimum absolute atomic E-state index is 0.0755. The standard InChI is InChI=1S/C11H18N2O/c1-3-11(6-4-5-7-11)10(14)13-9(2)8-12/h9H,3-7H2,1-2H3,(H,13,14). The summed E-state index contributed by atoms with van der Waals surface area (Å²) in [5, 5.41) is 11.4. The van der Waals surface area contributed by atoms with Gasteiger partial charge in [0.1, 0.15) is 6.04 Å².